The minimum atomic E-state index is -0.766. The minimum absolute atomic E-state index is 0.0325. The topological polar surface area (TPSA) is 93.0 Å². The van der Waals surface area contributed by atoms with E-state index in [-0.39, 0.29) is 16.8 Å². The summed E-state index contributed by atoms with van der Waals surface area (Å²) in [6.45, 7) is 1.45. The highest BCUT2D eigenvalue weighted by Gasteiger charge is 2.12. The Morgan fingerprint density at radius 3 is 2.69 bits per heavy atom. The number of nitrogens with two attached hydrogens (primary N) is 1. The fourth-order valence-electron chi connectivity index (χ4n) is 1.11. The van der Waals surface area contributed by atoms with Gasteiger partial charge in [-0.2, -0.15) is 5.26 Å². The Bertz CT molecular complexity index is 517. The quantitative estimate of drug-likeness (QED) is 0.469. The van der Waals surface area contributed by atoms with E-state index in [1.807, 2.05) is 0 Å². The number of nitrogens with zero attached hydrogens (tertiary/aromatic N) is 2. The van der Waals surface area contributed by atoms with Gasteiger partial charge in [0.2, 0.25) is 0 Å². The number of rotatable bonds is 2. The van der Waals surface area contributed by atoms with Crippen molar-refractivity contribution < 1.29 is 9.31 Å². The fraction of sp³-hybridized carbons (Fsp3) is 0.100. The van der Waals surface area contributed by atoms with E-state index in [4.69, 9.17) is 11.0 Å². The zero-order valence-electron chi connectivity index (χ0n) is 8.40. The lowest BCUT2D eigenvalue weighted by molar-refractivity contribution is -0.385. The summed E-state index contributed by atoms with van der Waals surface area (Å²) in [7, 11) is 0. The Kier molecular flexibility index (Phi) is 3.20. The maximum absolute atomic E-state index is 13.1. The van der Waals surface area contributed by atoms with Crippen LogP contribution in [0.3, 0.4) is 0 Å². The Morgan fingerprint density at radius 2 is 2.19 bits per heavy atom. The van der Waals surface area contributed by atoms with Crippen LogP contribution in [0.25, 0.3) is 5.70 Å². The van der Waals surface area contributed by atoms with Crippen molar-refractivity contribution in [2.75, 3.05) is 0 Å². The largest absolute Gasteiger partial charge is 0.397 e. The summed E-state index contributed by atoms with van der Waals surface area (Å²) in [6, 6.07) is 4.75. The van der Waals surface area contributed by atoms with Gasteiger partial charge in [0.1, 0.15) is 5.82 Å². The van der Waals surface area contributed by atoms with Crippen LogP contribution in [0.4, 0.5) is 10.1 Å². The van der Waals surface area contributed by atoms with E-state index < -0.39 is 16.4 Å². The first kappa shape index (κ1) is 11.7. The van der Waals surface area contributed by atoms with Crippen molar-refractivity contribution in [3.63, 3.8) is 0 Å². The number of allylic oxidation sites excluding steroid dienone is 1. The van der Waals surface area contributed by atoms with Crippen LogP contribution in [0.2, 0.25) is 0 Å². The molecule has 0 bridgehead atoms. The van der Waals surface area contributed by atoms with Crippen LogP contribution in [0.15, 0.2) is 23.8 Å². The van der Waals surface area contributed by atoms with E-state index in [1.165, 1.54) is 6.92 Å². The van der Waals surface area contributed by atoms with Crippen LogP contribution in [0.1, 0.15) is 12.5 Å². The third kappa shape index (κ3) is 2.33. The molecule has 0 heterocycles. The van der Waals surface area contributed by atoms with Crippen molar-refractivity contribution in [2.24, 2.45) is 5.73 Å². The lowest BCUT2D eigenvalue weighted by Gasteiger charge is -2.03. The first-order valence-corrected chi connectivity index (χ1v) is 4.27. The first-order valence-electron chi connectivity index (χ1n) is 4.27. The predicted octanol–water partition coefficient (Wildman–Crippen LogP) is 1.95. The average Bonchev–Trinajstić information content (AvgIpc) is 2.26. The third-order valence-electron chi connectivity index (χ3n) is 1.98. The van der Waals surface area contributed by atoms with Gasteiger partial charge in [0.15, 0.2) is 0 Å². The monoisotopic (exact) mass is 221 g/mol. The predicted molar refractivity (Wildman–Crippen MR) is 55.4 cm³/mol. The van der Waals surface area contributed by atoms with E-state index in [0.717, 1.165) is 18.2 Å². The molecule has 1 aromatic rings. The summed E-state index contributed by atoms with van der Waals surface area (Å²) in [5.41, 5.74) is 5.50. The summed E-state index contributed by atoms with van der Waals surface area (Å²) < 4.78 is 13.1. The Hall–Kier alpha value is -2.42. The summed E-state index contributed by atoms with van der Waals surface area (Å²) in [6.07, 6.45) is 0. The molecule has 0 fully saturated rings. The lowest BCUT2D eigenvalue weighted by atomic mass is 10.1. The first-order chi connectivity index (χ1) is 7.45. The molecule has 0 aliphatic heterocycles. The second kappa shape index (κ2) is 4.40. The molecule has 0 aliphatic rings. The molecule has 16 heavy (non-hydrogen) atoms. The van der Waals surface area contributed by atoms with Gasteiger partial charge in [-0.05, 0) is 13.0 Å². The molecule has 82 valence electrons. The molecule has 0 aliphatic carbocycles. The van der Waals surface area contributed by atoms with Crippen LogP contribution in [-0.2, 0) is 0 Å². The number of hydrogen-bond acceptors (Lipinski definition) is 4. The van der Waals surface area contributed by atoms with Gasteiger partial charge in [0.05, 0.1) is 22.8 Å². The van der Waals surface area contributed by atoms with Gasteiger partial charge in [0, 0.05) is 17.2 Å². The highest BCUT2D eigenvalue weighted by molar-refractivity contribution is 5.70. The van der Waals surface area contributed by atoms with Crippen molar-refractivity contribution >= 4 is 11.4 Å². The molecule has 0 spiro atoms. The number of hydrogen-bond donors (Lipinski definition) is 1. The molecule has 0 atom stereocenters. The van der Waals surface area contributed by atoms with Crippen molar-refractivity contribution in [3.8, 4) is 6.07 Å². The number of nitro benzene ring substituents is 1. The summed E-state index contributed by atoms with van der Waals surface area (Å²) in [5.74, 6) is -0.766. The number of nitriles is 1. The summed E-state index contributed by atoms with van der Waals surface area (Å²) >= 11 is 0. The van der Waals surface area contributed by atoms with Crippen LogP contribution in [-0.4, -0.2) is 4.92 Å². The summed E-state index contributed by atoms with van der Waals surface area (Å²) in [4.78, 5) is 9.76. The maximum Gasteiger partial charge on any atom is 0.273 e. The number of halogens is 1. The van der Waals surface area contributed by atoms with Gasteiger partial charge in [-0.3, -0.25) is 10.1 Å². The van der Waals surface area contributed by atoms with Crippen molar-refractivity contribution in [2.45, 2.75) is 6.92 Å². The number of non-ortho nitro benzene ring substituents is 1. The molecule has 0 unspecified atom stereocenters. The second-order valence-electron chi connectivity index (χ2n) is 3.11. The van der Waals surface area contributed by atoms with Crippen LogP contribution in [0.5, 0.6) is 0 Å². The lowest BCUT2D eigenvalue weighted by Crippen LogP contribution is -2.01. The molecule has 2 N–H and O–H groups in total. The standard InChI is InChI=1S/C10H8FN3O2/c1-6(5-12)10(13)7-2-8(11)4-9(3-7)14(15)16/h2-4H,13H2,1H3/b10-6-. The van der Waals surface area contributed by atoms with E-state index in [2.05, 4.69) is 0 Å². The van der Waals surface area contributed by atoms with Gasteiger partial charge in [-0.25, -0.2) is 4.39 Å². The maximum atomic E-state index is 13.1. The third-order valence-corrected chi connectivity index (χ3v) is 1.98. The molecule has 0 saturated heterocycles. The molecule has 5 nitrogen and oxygen atoms in total. The minimum Gasteiger partial charge on any atom is -0.397 e. The Balaban J connectivity index is 3.37. The van der Waals surface area contributed by atoms with Crippen LogP contribution < -0.4 is 5.73 Å². The van der Waals surface area contributed by atoms with E-state index in [1.54, 1.807) is 6.07 Å². The van der Waals surface area contributed by atoms with Gasteiger partial charge >= 0.3 is 0 Å². The van der Waals surface area contributed by atoms with Gasteiger partial charge in [-0.1, -0.05) is 0 Å². The molecule has 0 aromatic heterocycles. The highest BCUT2D eigenvalue weighted by Crippen LogP contribution is 2.21. The average molecular weight is 221 g/mol. The van der Waals surface area contributed by atoms with Gasteiger partial charge < -0.3 is 5.73 Å². The number of benzene rings is 1. The van der Waals surface area contributed by atoms with Crippen LogP contribution >= 0.6 is 0 Å². The highest BCUT2D eigenvalue weighted by atomic mass is 19.1. The molecule has 0 saturated carbocycles. The molecule has 6 heteroatoms. The smallest absolute Gasteiger partial charge is 0.273 e. The molecule has 0 radical (unpaired) electrons. The molecule has 1 aromatic carbocycles. The zero-order chi connectivity index (χ0) is 12.3. The van der Waals surface area contributed by atoms with Gasteiger partial charge in [-0.15, -0.1) is 0 Å². The molecular formula is C10H8FN3O2. The van der Waals surface area contributed by atoms with Crippen molar-refractivity contribution in [1.29, 1.82) is 5.26 Å². The number of nitro groups is 1. The van der Waals surface area contributed by atoms with E-state index >= 15 is 0 Å². The SMILES string of the molecule is C/C(C#N)=C(/N)c1cc(F)cc([N+](=O)[O-])c1. The molecular weight excluding hydrogens is 213 g/mol. The van der Waals surface area contributed by atoms with Crippen LogP contribution in [0, 0.1) is 27.3 Å². The molecule has 0 amide bonds. The fourth-order valence-corrected chi connectivity index (χ4v) is 1.11. The zero-order valence-corrected chi connectivity index (χ0v) is 8.40. The normalized spacial score (nSPS) is 11.6. The van der Waals surface area contributed by atoms with E-state index in [9.17, 15) is 14.5 Å². The Morgan fingerprint density at radius 1 is 1.56 bits per heavy atom. The van der Waals surface area contributed by atoms with E-state index in [0.29, 0.717) is 0 Å². The summed E-state index contributed by atoms with van der Waals surface area (Å²) in [5, 5.41) is 19.1. The van der Waals surface area contributed by atoms with Gasteiger partial charge in [0.25, 0.3) is 5.69 Å². The molecule has 1 rings (SSSR count). The second-order valence-corrected chi connectivity index (χ2v) is 3.11. The van der Waals surface area contributed by atoms with Crippen molar-refractivity contribution in [1.82, 2.24) is 0 Å². The Labute approximate surface area is 90.8 Å². The van der Waals surface area contributed by atoms with Crippen molar-refractivity contribution in [3.05, 3.63) is 45.3 Å².